The molecule has 1 fully saturated rings. The minimum Gasteiger partial charge on any atom is -0.369 e. The van der Waals surface area contributed by atoms with Crippen molar-refractivity contribution in [3.8, 4) is 0 Å². The van der Waals surface area contributed by atoms with Crippen LogP contribution in [0, 0.1) is 0 Å². The number of benzene rings is 1. The Morgan fingerprint density at radius 3 is 2.52 bits per heavy atom. The van der Waals surface area contributed by atoms with E-state index in [1.807, 2.05) is 30.5 Å². The maximum absolute atomic E-state index is 11.1. The van der Waals surface area contributed by atoms with Gasteiger partial charge in [0.05, 0.1) is 11.7 Å². The summed E-state index contributed by atoms with van der Waals surface area (Å²) in [5.41, 5.74) is 3.96. The molecule has 0 saturated carbocycles. The fraction of sp³-hybridized carbons (Fsp3) is 0.263. The third-order valence-electron chi connectivity index (χ3n) is 4.73. The molecule has 4 rings (SSSR count). The number of carbonyl (C=O) groups excluding carboxylic acids is 1. The average Bonchev–Trinajstić information content (AvgIpc) is 3.06. The molecule has 0 atom stereocenters. The first-order valence-electron chi connectivity index (χ1n) is 8.38. The van der Waals surface area contributed by atoms with Gasteiger partial charge in [-0.3, -0.25) is 9.69 Å². The molecular formula is C19H19ClN4O. The Morgan fingerprint density at radius 2 is 1.80 bits per heavy atom. The van der Waals surface area contributed by atoms with Crippen LogP contribution in [-0.4, -0.2) is 47.0 Å². The Balaban J connectivity index is 1.44. The molecule has 0 N–H and O–H groups in total. The zero-order valence-electron chi connectivity index (χ0n) is 13.8. The molecule has 1 aliphatic rings. The molecule has 128 valence electrons. The Hall–Kier alpha value is -2.37. The van der Waals surface area contributed by atoms with E-state index < -0.39 is 0 Å². The highest BCUT2D eigenvalue weighted by atomic mass is 35.5. The van der Waals surface area contributed by atoms with Crippen LogP contribution in [0.25, 0.3) is 5.52 Å². The van der Waals surface area contributed by atoms with Crippen molar-refractivity contribution in [3.05, 3.63) is 64.9 Å². The average molecular weight is 355 g/mol. The van der Waals surface area contributed by atoms with Crippen molar-refractivity contribution < 1.29 is 4.79 Å². The molecule has 1 aromatic carbocycles. The molecule has 3 aromatic rings. The zero-order chi connectivity index (χ0) is 17.2. The molecule has 1 saturated heterocycles. The summed E-state index contributed by atoms with van der Waals surface area (Å²) in [6.07, 6.45) is 2.71. The van der Waals surface area contributed by atoms with E-state index in [2.05, 4.69) is 27.0 Å². The fourth-order valence-electron chi connectivity index (χ4n) is 3.35. The molecule has 5 nitrogen and oxygen atoms in total. The first-order valence-corrected chi connectivity index (χ1v) is 8.76. The number of hydrogen-bond donors (Lipinski definition) is 0. The van der Waals surface area contributed by atoms with Gasteiger partial charge < -0.3 is 4.90 Å². The molecule has 0 spiro atoms. The topological polar surface area (TPSA) is 40.9 Å². The number of rotatable bonds is 4. The minimum absolute atomic E-state index is 0.580. The summed E-state index contributed by atoms with van der Waals surface area (Å²) in [7, 11) is 0. The number of aldehydes is 1. The second-order valence-electron chi connectivity index (χ2n) is 6.27. The third kappa shape index (κ3) is 3.25. The van der Waals surface area contributed by atoms with E-state index in [4.69, 9.17) is 11.6 Å². The highest BCUT2D eigenvalue weighted by Gasteiger charge is 2.19. The van der Waals surface area contributed by atoms with Crippen molar-refractivity contribution in [3.63, 3.8) is 0 Å². The molecule has 0 unspecified atom stereocenters. The van der Waals surface area contributed by atoms with Crippen molar-refractivity contribution in [1.82, 2.24) is 14.5 Å². The van der Waals surface area contributed by atoms with E-state index in [0.717, 1.165) is 55.1 Å². The van der Waals surface area contributed by atoms with Crippen LogP contribution in [0.2, 0.25) is 5.02 Å². The normalized spacial score (nSPS) is 15.6. The molecule has 3 heterocycles. The van der Waals surface area contributed by atoms with E-state index >= 15 is 0 Å². The summed E-state index contributed by atoms with van der Waals surface area (Å²) in [4.78, 5) is 15.9. The molecular weight excluding hydrogens is 336 g/mol. The van der Waals surface area contributed by atoms with Gasteiger partial charge >= 0.3 is 0 Å². The van der Waals surface area contributed by atoms with Crippen LogP contribution in [0.3, 0.4) is 0 Å². The molecule has 6 heteroatoms. The number of halogens is 1. The summed E-state index contributed by atoms with van der Waals surface area (Å²) >= 11 is 5.97. The Morgan fingerprint density at radius 1 is 1.04 bits per heavy atom. The van der Waals surface area contributed by atoms with Crippen molar-refractivity contribution in [2.24, 2.45) is 0 Å². The second kappa shape index (κ2) is 6.86. The Bertz CT molecular complexity index is 882. The number of hydrogen-bond acceptors (Lipinski definition) is 4. The summed E-state index contributed by atoms with van der Waals surface area (Å²) in [6, 6.07) is 13.7. The molecule has 0 radical (unpaired) electrons. The van der Waals surface area contributed by atoms with Gasteiger partial charge in [-0.1, -0.05) is 17.7 Å². The Labute approximate surface area is 151 Å². The van der Waals surface area contributed by atoms with Crippen molar-refractivity contribution >= 4 is 29.1 Å². The largest absolute Gasteiger partial charge is 0.369 e. The molecule has 25 heavy (non-hydrogen) atoms. The third-order valence-corrected chi connectivity index (χ3v) is 4.98. The van der Waals surface area contributed by atoms with E-state index in [-0.39, 0.29) is 0 Å². The van der Waals surface area contributed by atoms with Gasteiger partial charge in [-0.15, -0.1) is 0 Å². The van der Waals surface area contributed by atoms with Crippen LogP contribution in [0.5, 0.6) is 0 Å². The fourth-order valence-corrected chi connectivity index (χ4v) is 3.48. The van der Waals surface area contributed by atoms with Crippen LogP contribution in [-0.2, 0) is 6.54 Å². The van der Waals surface area contributed by atoms with Crippen LogP contribution in [0.4, 0.5) is 5.69 Å². The molecule has 0 bridgehead atoms. The number of piperazine rings is 1. The van der Waals surface area contributed by atoms with Crippen LogP contribution >= 0.6 is 11.6 Å². The van der Waals surface area contributed by atoms with Gasteiger partial charge in [0.1, 0.15) is 5.69 Å². The number of fused-ring (bicyclic) bond motifs is 1. The molecule has 2 aromatic heterocycles. The summed E-state index contributed by atoms with van der Waals surface area (Å²) < 4.78 is 1.71. The van der Waals surface area contributed by atoms with Gasteiger partial charge in [0.2, 0.25) is 0 Å². The van der Waals surface area contributed by atoms with Crippen LogP contribution in [0.15, 0.2) is 48.7 Å². The van der Waals surface area contributed by atoms with E-state index in [1.54, 1.807) is 10.6 Å². The summed E-state index contributed by atoms with van der Waals surface area (Å²) in [5.74, 6) is 0. The van der Waals surface area contributed by atoms with Gasteiger partial charge in [0.25, 0.3) is 0 Å². The molecule has 0 amide bonds. The lowest BCUT2D eigenvalue weighted by atomic mass is 10.2. The first-order chi connectivity index (χ1) is 12.2. The van der Waals surface area contributed by atoms with E-state index in [0.29, 0.717) is 5.69 Å². The lowest BCUT2D eigenvalue weighted by Crippen LogP contribution is -2.45. The minimum atomic E-state index is 0.580. The number of carbonyl (C=O) groups is 1. The summed E-state index contributed by atoms with van der Waals surface area (Å²) in [6.45, 7) is 4.81. The number of anilines is 1. The highest BCUT2D eigenvalue weighted by Crippen LogP contribution is 2.21. The van der Waals surface area contributed by atoms with Crippen LogP contribution in [0.1, 0.15) is 16.1 Å². The lowest BCUT2D eigenvalue weighted by molar-refractivity contribution is 0.111. The zero-order valence-corrected chi connectivity index (χ0v) is 14.6. The second-order valence-corrected chi connectivity index (χ2v) is 6.71. The van der Waals surface area contributed by atoms with Crippen molar-refractivity contribution in [2.45, 2.75) is 6.54 Å². The van der Waals surface area contributed by atoms with Gasteiger partial charge in [0.15, 0.2) is 6.29 Å². The lowest BCUT2D eigenvalue weighted by Gasteiger charge is -2.36. The van der Waals surface area contributed by atoms with Gasteiger partial charge in [0, 0.05) is 49.0 Å². The smallest absolute Gasteiger partial charge is 0.168 e. The van der Waals surface area contributed by atoms with Crippen LogP contribution < -0.4 is 4.90 Å². The van der Waals surface area contributed by atoms with Gasteiger partial charge in [-0.05, 0) is 36.4 Å². The first kappa shape index (κ1) is 16.1. The maximum atomic E-state index is 11.1. The van der Waals surface area contributed by atoms with Crippen molar-refractivity contribution in [2.75, 3.05) is 31.1 Å². The molecule has 1 aliphatic heterocycles. The predicted octanol–water partition coefficient (Wildman–Crippen LogP) is 3.12. The number of nitrogens with zero attached hydrogens (tertiary/aromatic N) is 4. The summed E-state index contributed by atoms with van der Waals surface area (Å²) in [5, 5.41) is 5.13. The van der Waals surface area contributed by atoms with Crippen molar-refractivity contribution in [1.29, 1.82) is 0 Å². The van der Waals surface area contributed by atoms with Gasteiger partial charge in [-0.2, -0.15) is 5.10 Å². The van der Waals surface area contributed by atoms with Gasteiger partial charge in [-0.25, -0.2) is 4.52 Å². The maximum Gasteiger partial charge on any atom is 0.168 e. The quantitative estimate of drug-likeness (QED) is 0.675. The highest BCUT2D eigenvalue weighted by molar-refractivity contribution is 6.30. The SMILES string of the molecule is O=Cc1cccc2c(CN3CCN(c4ccc(Cl)cc4)CC3)cnn12. The number of pyridine rings is 1. The Kier molecular flexibility index (Phi) is 4.42. The van der Waals surface area contributed by atoms with E-state index in [1.165, 1.54) is 5.69 Å². The standard InChI is InChI=1S/C19H19ClN4O/c20-16-4-6-17(7-5-16)23-10-8-22(9-11-23)13-15-12-21-24-18(14-25)2-1-3-19(15)24/h1-7,12,14H,8-11,13H2. The van der Waals surface area contributed by atoms with E-state index in [9.17, 15) is 4.79 Å². The predicted molar refractivity (Wildman–Crippen MR) is 99.5 cm³/mol. The molecule has 0 aliphatic carbocycles. The number of aromatic nitrogens is 2. The monoisotopic (exact) mass is 354 g/mol.